The van der Waals surface area contributed by atoms with Crippen LogP contribution in [0.15, 0.2) is 24.3 Å². The number of urea groups is 1. The zero-order valence-electron chi connectivity index (χ0n) is 8.91. The van der Waals surface area contributed by atoms with Crippen LogP contribution in [0.25, 0.3) is 0 Å². The van der Waals surface area contributed by atoms with Gasteiger partial charge in [-0.25, -0.2) is 4.79 Å². The van der Waals surface area contributed by atoms with Gasteiger partial charge >= 0.3 is 6.03 Å². The summed E-state index contributed by atoms with van der Waals surface area (Å²) in [6.45, 7) is 0.251. The van der Waals surface area contributed by atoms with Gasteiger partial charge in [0.15, 0.2) is 0 Å². The van der Waals surface area contributed by atoms with E-state index in [1.165, 1.54) is 0 Å². The third-order valence-corrected chi connectivity index (χ3v) is 1.77. The van der Waals surface area contributed by atoms with Gasteiger partial charge in [0.2, 0.25) is 5.91 Å². The summed E-state index contributed by atoms with van der Waals surface area (Å²) in [5.74, 6) is -0.127. The van der Waals surface area contributed by atoms with E-state index in [-0.39, 0.29) is 12.5 Å². The second kappa shape index (κ2) is 5.72. The lowest BCUT2D eigenvalue weighted by Gasteiger charge is -2.06. The Bertz CT molecular complexity index is 375. The van der Waals surface area contributed by atoms with Crippen molar-refractivity contribution in [2.45, 2.75) is 0 Å². The largest absolute Gasteiger partial charge is 0.351 e. The van der Waals surface area contributed by atoms with Crippen LogP contribution in [-0.2, 0) is 4.79 Å². The molecule has 0 saturated heterocycles. The molecule has 1 rings (SSSR count). The molecule has 0 spiro atoms. The van der Waals surface area contributed by atoms with Gasteiger partial charge in [0, 0.05) is 11.4 Å². The molecule has 6 heteroatoms. The smallest absolute Gasteiger partial charge is 0.316 e. The number of carbonyl (C=O) groups excluding carboxylic acids is 2. The van der Waals surface area contributed by atoms with E-state index in [4.69, 9.17) is 5.73 Å². The number of nitrogens with one attached hydrogen (secondary N) is 3. The fourth-order valence-electron chi connectivity index (χ4n) is 1.14. The molecule has 16 heavy (non-hydrogen) atoms. The highest BCUT2D eigenvalue weighted by Crippen LogP contribution is 2.12. The summed E-state index contributed by atoms with van der Waals surface area (Å²) in [6, 6.07) is 6.05. The highest BCUT2D eigenvalue weighted by Gasteiger charge is 2.00. The number of carbonyl (C=O) groups is 2. The van der Waals surface area contributed by atoms with E-state index in [1.54, 1.807) is 31.3 Å². The van der Waals surface area contributed by atoms with Gasteiger partial charge in [-0.3, -0.25) is 4.79 Å². The van der Waals surface area contributed by atoms with Gasteiger partial charge in [-0.05, 0) is 31.3 Å². The first-order valence-corrected chi connectivity index (χ1v) is 4.73. The minimum absolute atomic E-state index is 0.127. The molecule has 1 aromatic rings. The SMILES string of the molecule is CNCC(=O)Nc1ccc(NC(N)=O)cc1. The van der Waals surface area contributed by atoms with Crippen LogP contribution in [0.4, 0.5) is 16.2 Å². The molecule has 0 heterocycles. The van der Waals surface area contributed by atoms with Crippen LogP contribution in [-0.4, -0.2) is 25.5 Å². The number of benzene rings is 1. The summed E-state index contributed by atoms with van der Waals surface area (Å²) >= 11 is 0. The van der Waals surface area contributed by atoms with E-state index in [2.05, 4.69) is 16.0 Å². The van der Waals surface area contributed by atoms with E-state index >= 15 is 0 Å². The Morgan fingerprint density at radius 3 is 2.06 bits per heavy atom. The minimum atomic E-state index is -0.619. The van der Waals surface area contributed by atoms with Crippen LogP contribution in [0.5, 0.6) is 0 Å². The highest BCUT2D eigenvalue weighted by molar-refractivity contribution is 5.93. The van der Waals surface area contributed by atoms with Gasteiger partial charge in [0.25, 0.3) is 0 Å². The molecule has 0 aliphatic heterocycles. The third-order valence-electron chi connectivity index (χ3n) is 1.77. The number of primary amides is 1. The maximum Gasteiger partial charge on any atom is 0.316 e. The predicted molar refractivity (Wildman–Crippen MR) is 62.2 cm³/mol. The first-order valence-electron chi connectivity index (χ1n) is 4.73. The van der Waals surface area contributed by atoms with Crippen molar-refractivity contribution in [3.8, 4) is 0 Å². The zero-order valence-corrected chi connectivity index (χ0v) is 8.91. The molecule has 0 radical (unpaired) electrons. The fraction of sp³-hybridized carbons (Fsp3) is 0.200. The van der Waals surface area contributed by atoms with Crippen molar-refractivity contribution in [2.24, 2.45) is 5.73 Å². The van der Waals surface area contributed by atoms with E-state index in [9.17, 15) is 9.59 Å². The second-order valence-corrected chi connectivity index (χ2v) is 3.15. The van der Waals surface area contributed by atoms with Crippen LogP contribution >= 0.6 is 0 Å². The van der Waals surface area contributed by atoms with Crippen molar-refractivity contribution in [1.82, 2.24) is 5.32 Å². The lowest BCUT2D eigenvalue weighted by molar-refractivity contribution is -0.115. The summed E-state index contributed by atoms with van der Waals surface area (Å²) in [7, 11) is 1.69. The first kappa shape index (κ1) is 12.0. The zero-order chi connectivity index (χ0) is 12.0. The third kappa shape index (κ3) is 3.97. The summed E-state index contributed by atoms with van der Waals surface area (Å²) in [4.78, 5) is 21.8. The Balaban J connectivity index is 2.57. The monoisotopic (exact) mass is 222 g/mol. The second-order valence-electron chi connectivity index (χ2n) is 3.15. The average Bonchev–Trinajstić information content (AvgIpc) is 2.20. The quantitative estimate of drug-likeness (QED) is 0.591. The van der Waals surface area contributed by atoms with Gasteiger partial charge in [0.1, 0.15) is 0 Å². The van der Waals surface area contributed by atoms with E-state index < -0.39 is 6.03 Å². The maximum absolute atomic E-state index is 11.2. The molecule has 0 saturated carbocycles. The van der Waals surface area contributed by atoms with Crippen molar-refractivity contribution in [1.29, 1.82) is 0 Å². The number of rotatable bonds is 4. The number of amides is 3. The summed E-state index contributed by atoms with van der Waals surface area (Å²) < 4.78 is 0. The van der Waals surface area contributed by atoms with Gasteiger partial charge in [-0.2, -0.15) is 0 Å². The molecule has 0 atom stereocenters. The molecule has 5 N–H and O–H groups in total. The Kier molecular flexibility index (Phi) is 4.28. The lowest BCUT2D eigenvalue weighted by atomic mass is 10.3. The van der Waals surface area contributed by atoms with Crippen molar-refractivity contribution >= 4 is 23.3 Å². The number of anilines is 2. The molecular formula is C10H14N4O2. The molecular weight excluding hydrogens is 208 g/mol. The van der Waals surface area contributed by atoms with Crippen molar-refractivity contribution in [3.05, 3.63) is 24.3 Å². The van der Waals surface area contributed by atoms with Crippen LogP contribution in [0.1, 0.15) is 0 Å². The Labute approximate surface area is 93.2 Å². The molecule has 0 unspecified atom stereocenters. The van der Waals surface area contributed by atoms with E-state index in [1.807, 2.05) is 0 Å². The van der Waals surface area contributed by atoms with Gasteiger partial charge in [-0.15, -0.1) is 0 Å². The first-order chi connectivity index (χ1) is 7.61. The highest BCUT2D eigenvalue weighted by atomic mass is 16.2. The summed E-state index contributed by atoms with van der Waals surface area (Å²) in [5.41, 5.74) is 6.20. The maximum atomic E-state index is 11.2. The van der Waals surface area contributed by atoms with Crippen LogP contribution in [0, 0.1) is 0 Å². The van der Waals surface area contributed by atoms with Gasteiger partial charge in [-0.1, -0.05) is 0 Å². The Morgan fingerprint density at radius 2 is 1.62 bits per heavy atom. The molecule has 1 aromatic carbocycles. The Morgan fingerprint density at radius 1 is 1.12 bits per heavy atom. The predicted octanol–water partition coefficient (Wildman–Crippen LogP) is 0.335. The number of nitrogens with two attached hydrogens (primary N) is 1. The average molecular weight is 222 g/mol. The van der Waals surface area contributed by atoms with Crippen molar-refractivity contribution < 1.29 is 9.59 Å². The van der Waals surface area contributed by atoms with Crippen LogP contribution < -0.4 is 21.7 Å². The van der Waals surface area contributed by atoms with Crippen LogP contribution in [0.3, 0.4) is 0 Å². The van der Waals surface area contributed by atoms with E-state index in [0.717, 1.165) is 0 Å². The van der Waals surface area contributed by atoms with Crippen molar-refractivity contribution in [2.75, 3.05) is 24.2 Å². The molecule has 3 amide bonds. The molecule has 6 nitrogen and oxygen atoms in total. The van der Waals surface area contributed by atoms with Crippen LogP contribution in [0.2, 0.25) is 0 Å². The number of hydrogen-bond donors (Lipinski definition) is 4. The molecule has 0 aliphatic carbocycles. The summed E-state index contributed by atoms with van der Waals surface area (Å²) in [6.07, 6.45) is 0. The Hall–Kier alpha value is -2.08. The molecule has 86 valence electrons. The summed E-state index contributed by atoms with van der Waals surface area (Å²) in [5, 5.41) is 7.84. The van der Waals surface area contributed by atoms with Crippen molar-refractivity contribution in [3.63, 3.8) is 0 Å². The number of hydrogen-bond acceptors (Lipinski definition) is 3. The lowest BCUT2D eigenvalue weighted by Crippen LogP contribution is -2.25. The molecule has 0 fully saturated rings. The van der Waals surface area contributed by atoms with E-state index in [0.29, 0.717) is 11.4 Å². The minimum Gasteiger partial charge on any atom is -0.351 e. The normalized spacial score (nSPS) is 9.56. The van der Waals surface area contributed by atoms with Gasteiger partial charge < -0.3 is 21.7 Å². The van der Waals surface area contributed by atoms with Gasteiger partial charge in [0.05, 0.1) is 6.54 Å². The fourth-order valence-corrected chi connectivity index (χ4v) is 1.14. The number of likely N-dealkylation sites (N-methyl/N-ethyl adjacent to an activating group) is 1. The topological polar surface area (TPSA) is 96.2 Å². The molecule has 0 aromatic heterocycles. The molecule has 0 bridgehead atoms. The standard InChI is InChI=1S/C10H14N4O2/c1-12-6-9(15)13-7-2-4-8(5-3-7)14-10(11)16/h2-5,12H,6H2,1H3,(H,13,15)(H3,11,14,16). The molecule has 0 aliphatic rings.